The van der Waals surface area contributed by atoms with Gasteiger partial charge in [-0.2, -0.15) is 0 Å². The summed E-state index contributed by atoms with van der Waals surface area (Å²) in [7, 11) is 0. The molecule has 22 heavy (non-hydrogen) atoms. The van der Waals surface area contributed by atoms with Gasteiger partial charge in [0.1, 0.15) is 5.60 Å². The van der Waals surface area contributed by atoms with Crippen molar-refractivity contribution in [3.63, 3.8) is 0 Å². The third-order valence-electron chi connectivity index (χ3n) is 4.53. The number of likely N-dealkylation sites (tertiary alicyclic amines) is 1. The number of piperidine rings is 1. The molecule has 0 bridgehead atoms. The molecule has 128 valence electrons. The van der Waals surface area contributed by atoms with Crippen molar-refractivity contribution in [2.45, 2.75) is 58.6 Å². The molecule has 2 heterocycles. The predicted molar refractivity (Wildman–Crippen MR) is 86.9 cm³/mol. The molecule has 0 aromatic rings. The van der Waals surface area contributed by atoms with E-state index < -0.39 is 5.60 Å². The molecule has 2 aliphatic heterocycles. The first-order valence-corrected chi connectivity index (χ1v) is 8.63. The normalized spacial score (nSPS) is 28.4. The monoisotopic (exact) mass is 312 g/mol. The smallest absolute Gasteiger partial charge is 0.407 e. The quantitative estimate of drug-likeness (QED) is 0.867. The highest BCUT2D eigenvalue weighted by atomic mass is 16.6. The van der Waals surface area contributed by atoms with Crippen LogP contribution >= 0.6 is 0 Å². The zero-order valence-electron chi connectivity index (χ0n) is 14.6. The molecule has 2 aliphatic rings. The lowest BCUT2D eigenvalue weighted by Crippen LogP contribution is -2.48. The number of carbonyl (C=O) groups is 1. The minimum absolute atomic E-state index is 0.150. The van der Waals surface area contributed by atoms with E-state index >= 15 is 0 Å². The van der Waals surface area contributed by atoms with Crippen molar-refractivity contribution < 1.29 is 14.3 Å². The van der Waals surface area contributed by atoms with Crippen LogP contribution in [0.5, 0.6) is 0 Å². The Morgan fingerprint density at radius 3 is 2.82 bits per heavy atom. The number of ether oxygens (including phenoxy) is 2. The van der Waals surface area contributed by atoms with Crippen molar-refractivity contribution in [3.05, 3.63) is 0 Å². The number of hydrogen-bond donors (Lipinski definition) is 1. The van der Waals surface area contributed by atoms with E-state index in [-0.39, 0.29) is 12.1 Å². The third-order valence-corrected chi connectivity index (χ3v) is 4.53. The van der Waals surface area contributed by atoms with E-state index in [1.54, 1.807) is 0 Å². The van der Waals surface area contributed by atoms with Gasteiger partial charge in [-0.1, -0.05) is 0 Å². The van der Waals surface area contributed by atoms with Crippen molar-refractivity contribution in [2.75, 3.05) is 32.8 Å². The second-order valence-electron chi connectivity index (χ2n) is 7.83. The lowest BCUT2D eigenvalue weighted by molar-refractivity contribution is 0.0463. The molecule has 1 amide bonds. The number of rotatable bonds is 4. The fourth-order valence-corrected chi connectivity index (χ4v) is 3.37. The van der Waals surface area contributed by atoms with Gasteiger partial charge in [-0.25, -0.2) is 4.79 Å². The minimum atomic E-state index is -0.440. The molecular weight excluding hydrogens is 280 g/mol. The van der Waals surface area contributed by atoms with Crippen molar-refractivity contribution in [1.29, 1.82) is 0 Å². The second kappa shape index (κ2) is 7.64. The first kappa shape index (κ1) is 17.5. The highest BCUT2D eigenvalue weighted by molar-refractivity contribution is 5.68. The molecule has 0 aromatic carbocycles. The van der Waals surface area contributed by atoms with Gasteiger partial charge in [-0.05, 0) is 65.3 Å². The first-order chi connectivity index (χ1) is 10.3. The summed E-state index contributed by atoms with van der Waals surface area (Å²) < 4.78 is 10.8. The fourth-order valence-electron chi connectivity index (χ4n) is 3.37. The summed E-state index contributed by atoms with van der Waals surface area (Å²) >= 11 is 0. The van der Waals surface area contributed by atoms with Crippen LogP contribution in [-0.4, -0.2) is 55.5 Å². The average Bonchev–Trinajstić information content (AvgIpc) is 2.89. The Hall–Kier alpha value is -0.810. The van der Waals surface area contributed by atoms with Gasteiger partial charge in [0.25, 0.3) is 0 Å². The summed E-state index contributed by atoms with van der Waals surface area (Å²) in [5.41, 5.74) is -0.440. The fraction of sp³-hybridized carbons (Fsp3) is 0.941. The van der Waals surface area contributed by atoms with Crippen LogP contribution in [0.3, 0.4) is 0 Å². The number of nitrogens with zero attached hydrogens (tertiary/aromatic N) is 1. The predicted octanol–water partition coefficient (Wildman–Crippen LogP) is 2.65. The van der Waals surface area contributed by atoms with Gasteiger partial charge in [0, 0.05) is 25.7 Å². The molecule has 2 rings (SSSR count). The summed E-state index contributed by atoms with van der Waals surface area (Å²) in [6, 6.07) is 0.150. The number of nitrogens with one attached hydrogen (secondary N) is 1. The van der Waals surface area contributed by atoms with Gasteiger partial charge in [0.15, 0.2) is 0 Å². The van der Waals surface area contributed by atoms with Gasteiger partial charge >= 0.3 is 6.09 Å². The van der Waals surface area contributed by atoms with Crippen molar-refractivity contribution in [1.82, 2.24) is 10.2 Å². The zero-order valence-corrected chi connectivity index (χ0v) is 14.6. The SMILES string of the molecule is C[C@H](NC(=O)OC(C)(C)C)[C@@H]1CCCN(C[C@H]2CCOC2)C1. The summed E-state index contributed by atoms with van der Waals surface area (Å²) in [5, 5.41) is 3.01. The molecule has 0 aromatic heterocycles. The van der Waals surface area contributed by atoms with Gasteiger partial charge < -0.3 is 19.7 Å². The van der Waals surface area contributed by atoms with E-state index in [9.17, 15) is 4.79 Å². The maximum Gasteiger partial charge on any atom is 0.407 e. The molecule has 5 heteroatoms. The summed E-state index contributed by atoms with van der Waals surface area (Å²) in [5.74, 6) is 1.19. The Labute approximate surface area is 134 Å². The van der Waals surface area contributed by atoms with E-state index in [0.717, 1.165) is 26.3 Å². The number of hydrogen-bond acceptors (Lipinski definition) is 4. The first-order valence-electron chi connectivity index (χ1n) is 8.63. The van der Waals surface area contributed by atoms with E-state index in [4.69, 9.17) is 9.47 Å². The van der Waals surface area contributed by atoms with Gasteiger partial charge in [0.2, 0.25) is 0 Å². The number of alkyl carbamates (subject to hydrolysis) is 1. The minimum Gasteiger partial charge on any atom is -0.444 e. The van der Waals surface area contributed by atoms with Crippen LogP contribution in [0.2, 0.25) is 0 Å². The standard InChI is InChI=1S/C17H32N2O3/c1-13(18-16(20)22-17(2,3)4)15-6-5-8-19(11-15)10-14-7-9-21-12-14/h13-15H,5-12H2,1-4H3,(H,18,20)/t13-,14+,15+/m0/s1. The zero-order chi connectivity index (χ0) is 16.2. The Morgan fingerprint density at radius 1 is 1.41 bits per heavy atom. The van der Waals surface area contributed by atoms with E-state index in [0.29, 0.717) is 11.8 Å². The maximum absolute atomic E-state index is 11.9. The van der Waals surface area contributed by atoms with E-state index in [1.807, 2.05) is 20.8 Å². The average molecular weight is 312 g/mol. The van der Waals surface area contributed by atoms with E-state index in [1.165, 1.54) is 25.8 Å². The number of carbonyl (C=O) groups excluding carboxylic acids is 1. The molecule has 0 saturated carbocycles. The van der Waals surface area contributed by atoms with Gasteiger partial charge in [0.05, 0.1) is 6.61 Å². The van der Waals surface area contributed by atoms with Crippen molar-refractivity contribution in [3.8, 4) is 0 Å². The molecule has 0 aliphatic carbocycles. The number of amides is 1. The maximum atomic E-state index is 11.9. The Morgan fingerprint density at radius 2 is 2.18 bits per heavy atom. The summed E-state index contributed by atoms with van der Waals surface area (Å²) in [6.45, 7) is 13.0. The van der Waals surface area contributed by atoms with Crippen molar-refractivity contribution in [2.24, 2.45) is 11.8 Å². The van der Waals surface area contributed by atoms with Crippen LogP contribution in [0.1, 0.15) is 47.0 Å². The van der Waals surface area contributed by atoms with Crippen LogP contribution in [0.4, 0.5) is 4.79 Å². The lowest BCUT2D eigenvalue weighted by atomic mass is 9.91. The highest BCUT2D eigenvalue weighted by Gasteiger charge is 2.29. The van der Waals surface area contributed by atoms with Crippen molar-refractivity contribution >= 4 is 6.09 Å². The third kappa shape index (κ3) is 5.76. The molecule has 0 spiro atoms. The van der Waals surface area contributed by atoms with Gasteiger partial charge in [-0.3, -0.25) is 0 Å². The second-order valence-corrected chi connectivity index (χ2v) is 7.83. The Kier molecular flexibility index (Phi) is 6.09. The Bertz CT molecular complexity index is 361. The molecule has 5 nitrogen and oxygen atoms in total. The highest BCUT2D eigenvalue weighted by Crippen LogP contribution is 2.23. The molecule has 2 fully saturated rings. The van der Waals surface area contributed by atoms with Crippen LogP contribution in [0.15, 0.2) is 0 Å². The summed E-state index contributed by atoms with van der Waals surface area (Å²) in [6.07, 6.45) is 3.27. The van der Waals surface area contributed by atoms with Gasteiger partial charge in [-0.15, -0.1) is 0 Å². The van der Waals surface area contributed by atoms with Crippen LogP contribution < -0.4 is 5.32 Å². The summed E-state index contributed by atoms with van der Waals surface area (Å²) in [4.78, 5) is 14.5. The molecule has 0 radical (unpaired) electrons. The van der Waals surface area contributed by atoms with E-state index in [2.05, 4.69) is 17.1 Å². The molecule has 0 unspecified atom stereocenters. The molecule has 3 atom stereocenters. The molecule has 2 saturated heterocycles. The van der Waals surface area contributed by atoms with Crippen LogP contribution in [0.25, 0.3) is 0 Å². The molecule has 1 N–H and O–H groups in total. The Balaban J connectivity index is 1.76. The van der Waals surface area contributed by atoms with Crippen LogP contribution in [-0.2, 0) is 9.47 Å². The topological polar surface area (TPSA) is 50.8 Å². The van der Waals surface area contributed by atoms with Crippen LogP contribution in [0, 0.1) is 11.8 Å². The molecular formula is C17H32N2O3. The lowest BCUT2D eigenvalue weighted by Gasteiger charge is -2.37. The largest absolute Gasteiger partial charge is 0.444 e.